The van der Waals surface area contributed by atoms with E-state index in [1.807, 2.05) is 25.1 Å². The van der Waals surface area contributed by atoms with Gasteiger partial charge in [0.1, 0.15) is 0 Å². The van der Waals surface area contributed by atoms with Crippen molar-refractivity contribution in [2.75, 3.05) is 25.4 Å². The lowest BCUT2D eigenvalue weighted by atomic mass is 10.2. The third-order valence-corrected chi connectivity index (χ3v) is 4.74. The van der Waals surface area contributed by atoms with Gasteiger partial charge in [0.25, 0.3) is 0 Å². The van der Waals surface area contributed by atoms with Gasteiger partial charge in [-0.25, -0.2) is 8.42 Å². The molecular weight excluding hydrogens is 258 g/mol. The van der Waals surface area contributed by atoms with Crippen LogP contribution in [-0.4, -0.2) is 38.7 Å². The number of nitrogens with zero attached hydrogens (tertiary/aromatic N) is 1. The number of hydrogen-bond donors (Lipinski definition) is 0. The molecule has 0 fully saturated rings. The number of rotatable bonds is 7. The first-order valence-electron chi connectivity index (χ1n) is 6.66. The van der Waals surface area contributed by atoms with E-state index >= 15 is 0 Å². The maximum atomic E-state index is 12.1. The van der Waals surface area contributed by atoms with Gasteiger partial charge in [-0.3, -0.25) is 0 Å². The van der Waals surface area contributed by atoms with E-state index in [-0.39, 0.29) is 5.75 Å². The van der Waals surface area contributed by atoms with E-state index in [2.05, 4.69) is 18.7 Å². The molecule has 0 amide bonds. The van der Waals surface area contributed by atoms with Gasteiger partial charge in [-0.05, 0) is 32.1 Å². The van der Waals surface area contributed by atoms with E-state index in [1.165, 1.54) is 0 Å². The molecule has 3 nitrogen and oxygen atoms in total. The predicted molar refractivity (Wildman–Crippen MR) is 80.2 cm³/mol. The van der Waals surface area contributed by atoms with Gasteiger partial charge in [0.05, 0.1) is 10.6 Å². The summed E-state index contributed by atoms with van der Waals surface area (Å²) in [5, 5.41) is 0. The van der Waals surface area contributed by atoms with Crippen molar-refractivity contribution in [3.05, 3.63) is 42.0 Å². The Morgan fingerprint density at radius 3 is 2.16 bits per heavy atom. The van der Waals surface area contributed by atoms with Crippen LogP contribution in [0.5, 0.6) is 0 Å². The van der Waals surface area contributed by atoms with Crippen LogP contribution >= 0.6 is 0 Å². The number of hydrogen-bond acceptors (Lipinski definition) is 3. The summed E-state index contributed by atoms with van der Waals surface area (Å²) in [6.45, 7) is 8.90. The predicted octanol–water partition coefficient (Wildman–Crippen LogP) is 2.67. The van der Waals surface area contributed by atoms with Crippen molar-refractivity contribution in [2.45, 2.75) is 25.7 Å². The Bertz CT molecular complexity index is 499. The highest BCUT2D eigenvalue weighted by atomic mass is 32.2. The molecule has 0 heterocycles. The van der Waals surface area contributed by atoms with Gasteiger partial charge in [0.2, 0.25) is 0 Å². The first kappa shape index (κ1) is 15.9. The minimum atomic E-state index is -3.19. The summed E-state index contributed by atoms with van der Waals surface area (Å²) in [7, 11) is -3.19. The average molecular weight is 281 g/mol. The Balaban J connectivity index is 2.61. The van der Waals surface area contributed by atoms with Gasteiger partial charge in [0, 0.05) is 6.54 Å². The van der Waals surface area contributed by atoms with E-state index in [1.54, 1.807) is 18.2 Å². The first-order chi connectivity index (χ1) is 8.99. The summed E-state index contributed by atoms with van der Waals surface area (Å²) in [6, 6.07) is 6.99. The van der Waals surface area contributed by atoms with Crippen molar-refractivity contribution in [1.29, 1.82) is 0 Å². The summed E-state index contributed by atoms with van der Waals surface area (Å²) in [5.74, 6) is 0.0668. The van der Waals surface area contributed by atoms with E-state index in [9.17, 15) is 8.42 Å². The second-order valence-electron chi connectivity index (χ2n) is 4.55. The molecule has 0 radical (unpaired) electrons. The molecule has 19 heavy (non-hydrogen) atoms. The zero-order valence-electron chi connectivity index (χ0n) is 12.0. The van der Waals surface area contributed by atoms with Crippen molar-refractivity contribution in [1.82, 2.24) is 4.90 Å². The molecule has 0 bridgehead atoms. The van der Waals surface area contributed by atoms with Crippen LogP contribution in [0.4, 0.5) is 0 Å². The SMILES string of the molecule is CCN(CC)C/C=C/CS(=O)(=O)c1ccc(C)cc1. The number of likely N-dealkylation sites (N-methyl/N-ethyl adjacent to an activating group) is 1. The number of aryl methyl sites for hydroxylation is 1. The molecule has 0 aliphatic carbocycles. The highest BCUT2D eigenvalue weighted by molar-refractivity contribution is 7.91. The van der Waals surface area contributed by atoms with Gasteiger partial charge in [0.15, 0.2) is 9.84 Å². The largest absolute Gasteiger partial charge is 0.300 e. The second-order valence-corrected chi connectivity index (χ2v) is 6.59. The van der Waals surface area contributed by atoms with E-state index in [0.29, 0.717) is 4.90 Å². The average Bonchev–Trinajstić information content (AvgIpc) is 2.39. The standard InChI is InChI=1S/C15H23NO2S/c1-4-16(5-2)12-6-7-13-19(17,18)15-10-8-14(3)9-11-15/h6-11H,4-5,12-13H2,1-3H3/b7-6+. The molecule has 0 aliphatic rings. The highest BCUT2D eigenvalue weighted by Gasteiger charge is 2.11. The molecule has 0 N–H and O–H groups in total. The molecule has 1 aromatic carbocycles. The molecule has 0 unspecified atom stereocenters. The Hall–Kier alpha value is -1.13. The second kappa shape index (κ2) is 7.46. The molecule has 1 rings (SSSR count). The zero-order chi connectivity index (χ0) is 14.3. The third-order valence-electron chi connectivity index (χ3n) is 3.12. The Labute approximate surface area is 116 Å². The summed E-state index contributed by atoms with van der Waals surface area (Å²) in [4.78, 5) is 2.63. The molecular formula is C15H23NO2S. The lowest BCUT2D eigenvalue weighted by molar-refractivity contribution is 0.337. The normalized spacial score (nSPS) is 12.4. The summed E-state index contributed by atoms with van der Waals surface area (Å²) < 4.78 is 24.1. The highest BCUT2D eigenvalue weighted by Crippen LogP contribution is 2.12. The fourth-order valence-electron chi connectivity index (χ4n) is 1.74. The molecule has 4 heteroatoms. The molecule has 0 aliphatic heterocycles. The van der Waals surface area contributed by atoms with Gasteiger partial charge in [-0.15, -0.1) is 0 Å². The molecule has 0 saturated carbocycles. The van der Waals surface area contributed by atoms with Gasteiger partial charge in [-0.2, -0.15) is 0 Å². The van der Waals surface area contributed by atoms with Crippen molar-refractivity contribution in [3.8, 4) is 0 Å². The zero-order valence-corrected chi connectivity index (χ0v) is 12.8. The minimum absolute atomic E-state index is 0.0668. The number of sulfone groups is 1. The van der Waals surface area contributed by atoms with Gasteiger partial charge in [-0.1, -0.05) is 43.7 Å². The number of benzene rings is 1. The van der Waals surface area contributed by atoms with Crippen LogP contribution in [-0.2, 0) is 9.84 Å². The maximum Gasteiger partial charge on any atom is 0.181 e. The Morgan fingerprint density at radius 2 is 1.63 bits per heavy atom. The summed E-state index contributed by atoms with van der Waals surface area (Å²) in [5.41, 5.74) is 1.07. The maximum absolute atomic E-state index is 12.1. The quantitative estimate of drug-likeness (QED) is 0.721. The fraction of sp³-hybridized carbons (Fsp3) is 0.467. The third kappa shape index (κ3) is 5.17. The smallest absolute Gasteiger partial charge is 0.181 e. The minimum Gasteiger partial charge on any atom is -0.300 e. The molecule has 0 spiro atoms. The monoisotopic (exact) mass is 281 g/mol. The summed E-state index contributed by atoms with van der Waals surface area (Å²) >= 11 is 0. The van der Waals surface area contributed by atoms with Crippen LogP contribution in [0.3, 0.4) is 0 Å². The molecule has 0 aromatic heterocycles. The van der Waals surface area contributed by atoms with Crippen LogP contribution in [0.1, 0.15) is 19.4 Å². The molecule has 106 valence electrons. The van der Waals surface area contributed by atoms with E-state index in [4.69, 9.17) is 0 Å². The lowest BCUT2D eigenvalue weighted by Crippen LogP contribution is -2.22. The van der Waals surface area contributed by atoms with Crippen LogP contribution < -0.4 is 0 Å². The van der Waals surface area contributed by atoms with Gasteiger partial charge < -0.3 is 4.90 Å². The fourth-order valence-corrected chi connectivity index (χ4v) is 2.87. The lowest BCUT2D eigenvalue weighted by Gasteiger charge is -2.14. The van der Waals surface area contributed by atoms with Gasteiger partial charge >= 0.3 is 0 Å². The summed E-state index contributed by atoms with van der Waals surface area (Å²) in [6.07, 6.45) is 3.67. The van der Waals surface area contributed by atoms with E-state index < -0.39 is 9.84 Å². The molecule has 0 saturated heterocycles. The molecule has 0 atom stereocenters. The van der Waals surface area contributed by atoms with Crippen LogP contribution in [0, 0.1) is 6.92 Å². The topological polar surface area (TPSA) is 37.4 Å². The van der Waals surface area contributed by atoms with Crippen LogP contribution in [0.2, 0.25) is 0 Å². The Morgan fingerprint density at radius 1 is 1.05 bits per heavy atom. The van der Waals surface area contributed by atoms with Crippen LogP contribution in [0.15, 0.2) is 41.3 Å². The molecule has 1 aromatic rings. The van der Waals surface area contributed by atoms with Crippen molar-refractivity contribution in [2.24, 2.45) is 0 Å². The first-order valence-corrected chi connectivity index (χ1v) is 8.31. The van der Waals surface area contributed by atoms with Crippen molar-refractivity contribution < 1.29 is 8.42 Å². The van der Waals surface area contributed by atoms with Crippen molar-refractivity contribution in [3.63, 3.8) is 0 Å². The Kier molecular flexibility index (Phi) is 6.25. The van der Waals surface area contributed by atoms with Crippen molar-refractivity contribution >= 4 is 9.84 Å². The van der Waals surface area contributed by atoms with E-state index in [0.717, 1.165) is 25.2 Å². The van der Waals surface area contributed by atoms with Crippen LogP contribution in [0.25, 0.3) is 0 Å².